The van der Waals surface area contributed by atoms with E-state index in [2.05, 4.69) is 35.0 Å². The standard InChI is InChI=1S/C23H30FN3O2/c1-17(2)23(18-7-9-19(24)10-8-18)25-22(28)16-26-11-13-27(14-12-26)20-5-4-6-21(15-20)29-3/h4-10,15,17,23H,11-14,16H2,1-3H3,(H,25,28). The molecule has 1 saturated heterocycles. The normalized spacial score (nSPS) is 16.0. The van der Waals surface area contributed by atoms with Crippen LogP contribution in [0.15, 0.2) is 48.5 Å². The van der Waals surface area contributed by atoms with Crippen LogP contribution in [-0.4, -0.2) is 50.6 Å². The summed E-state index contributed by atoms with van der Waals surface area (Å²) in [7, 11) is 1.67. The lowest BCUT2D eigenvalue weighted by Crippen LogP contribution is -2.50. The van der Waals surface area contributed by atoms with Gasteiger partial charge < -0.3 is 15.0 Å². The summed E-state index contributed by atoms with van der Waals surface area (Å²) in [5, 5.41) is 3.12. The highest BCUT2D eigenvalue weighted by atomic mass is 19.1. The van der Waals surface area contributed by atoms with E-state index in [0.717, 1.165) is 43.2 Å². The third-order valence-corrected chi connectivity index (χ3v) is 5.37. The number of hydrogen-bond acceptors (Lipinski definition) is 4. The number of carbonyl (C=O) groups is 1. The van der Waals surface area contributed by atoms with Gasteiger partial charge in [-0.25, -0.2) is 4.39 Å². The molecule has 1 unspecified atom stereocenters. The second-order valence-corrected chi connectivity index (χ2v) is 7.81. The minimum absolute atomic E-state index is 0.00264. The Hall–Kier alpha value is -2.60. The van der Waals surface area contributed by atoms with Gasteiger partial charge in [0.25, 0.3) is 0 Å². The van der Waals surface area contributed by atoms with E-state index in [1.807, 2.05) is 18.2 Å². The third kappa shape index (κ3) is 5.70. The van der Waals surface area contributed by atoms with Crippen LogP contribution in [0.1, 0.15) is 25.5 Å². The molecule has 1 atom stereocenters. The van der Waals surface area contributed by atoms with Gasteiger partial charge in [0.05, 0.1) is 19.7 Å². The second-order valence-electron chi connectivity index (χ2n) is 7.81. The molecule has 5 nitrogen and oxygen atoms in total. The average Bonchev–Trinajstić information content (AvgIpc) is 2.73. The number of hydrogen-bond donors (Lipinski definition) is 1. The van der Waals surface area contributed by atoms with E-state index >= 15 is 0 Å². The lowest BCUT2D eigenvalue weighted by atomic mass is 9.96. The monoisotopic (exact) mass is 399 g/mol. The summed E-state index contributed by atoms with van der Waals surface area (Å²) >= 11 is 0. The Morgan fingerprint density at radius 1 is 1.10 bits per heavy atom. The number of piperazine rings is 1. The maximum absolute atomic E-state index is 13.2. The van der Waals surface area contributed by atoms with E-state index in [-0.39, 0.29) is 23.7 Å². The van der Waals surface area contributed by atoms with Crippen molar-refractivity contribution in [3.63, 3.8) is 0 Å². The van der Waals surface area contributed by atoms with Crippen molar-refractivity contribution in [3.05, 3.63) is 59.9 Å². The summed E-state index contributed by atoms with van der Waals surface area (Å²) < 4.78 is 18.5. The molecule has 1 N–H and O–H groups in total. The van der Waals surface area contributed by atoms with E-state index in [1.165, 1.54) is 12.1 Å². The molecule has 2 aromatic rings. The van der Waals surface area contributed by atoms with Gasteiger partial charge in [-0.3, -0.25) is 9.69 Å². The quantitative estimate of drug-likeness (QED) is 0.774. The molecular weight excluding hydrogens is 369 g/mol. The van der Waals surface area contributed by atoms with Gasteiger partial charge in [0.2, 0.25) is 5.91 Å². The SMILES string of the molecule is COc1cccc(N2CCN(CC(=O)NC(c3ccc(F)cc3)C(C)C)CC2)c1. The number of methoxy groups -OCH3 is 1. The fourth-order valence-electron chi connectivity index (χ4n) is 3.70. The molecule has 1 fully saturated rings. The molecule has 0 bridgehead atoms. The lowest BCUT2D eigenvalue weighted by molar-refractivity contribution is -0.123. The molecule has 1 aliphatic rings. The third-order valence-electron chi connectivity index (χ3n) is 5.37. The number of ether oxygens (including phenoxy) is 1. The first-order chi connectivity index (χ1) is 14.0. The van der Waals surface area contributed by atoms with Crippen LogP contribution in [0.25, 0.3) is 0 Å². The van der Waals surface area contributed by atoms with Gasteiger partial charge >= 0.3 is 0 Å². The van der Waals surface area contributed by atoms with E-state index < -0.39 is 0 Å². The van der Waals surface area contributed by atoms with Crippen LogP contribution < -0.4 is 15.0 Å². The summed E-state index contributed by atoms with van der Waals surface area (Å²) in [6, 6.07) is 14.3. The number of amides is 1. The molecule has 0 aromatic heterocycles. The summed E-state index contributed by atoms with van der Waals surface area (Å²) in [6.07, 6.45) is 0. The molecule has 0 radical (unpaired) electrons. The van der Waals surface area contributed by atoms with Crippen LogP contribution in [-0.2, 0) is 4.79 Å². The number of nitrogens with zero attached hydrogens (tertiary/aromatic N) is 2. The molecule has 0 aliphatic carbocycles. The fourth-order valence-corrected chi connectivity index (χ4v) is 3.70. The molecule has 2 aromatic carbocycles. The van der Waals surface area contributed by atoms with Gasteiger partial charge in [0, 0.05) is 37.9 Å². The fraction of sp³-hybridized carbons (Fsp3) is 0.435. The first-order valence-corrected chi connectivity index (χ1v) is 10.1. The maximum Gasteiger partial charge on any atom is 0.234 e. The highest BCUT2D eigenvalue weighted by molar-refractivity contribution is 5.78. The summed E-state index contributed by atoms with van der Waals surface area (Å²) in [4.78, 5) is 17.1. The van der Waals surface area contributed by atoms with Crippen molar-refractivity contribution < 1.29 is 13.9 Å². The molecule has 0 saturated carbocycles. The molecule has 156 valence electrons. The first-order valence-electron chi connectivity index (χ1n) is 10.1. The highest BCUT2D eigenvalue weighted by Gasteiger charge is 2.22. The largest absolute Gasteiger partial charge is 0.497 e. The molecule has 0 spiro atoms. The van der Waals surface area contributed by atoms with Crippen LogP contribution in [0.5, 0.6) is 5.75 Å². The van der Waals surface area contributed by atoms with Crippen LogP contribution in [0.2, 0.25) is 0 Å². The van der Waals surface area contributed by atoms with E-state index in [9.17, 15) is 9.18 Å². The van der Waals surface area contributed by atoms with Crippen LogP contribution in [0.3, 0.4) is 0 Å². The smallest absolute Gasteiger partial charge is 0.234 e. The van der Waals surface area contributed by atoms with Crippen molar-refractivity contribution in [2.75, 3.05) is 44.7 Å². The highest BCUT2D eigenvalue weighted by Crippen LogP contribution is 2.23. The summed E-state index contributed by atoms with van der Waals surface area (Å²) in [5.74, 6) is 0.804. The number of carbonyl (C=O) groups excluding carboxylic acids is 1. The predicted octanol–water partition coefficient (Wildman–Crippen LogP) is 3.47. The Bertz CT molecular complexity index is 802. The zero-order valence-electron chi connectivity index (χ0n) is 17.4. The average molecular weight is 400 g/mol. The van der Waals surface area contributed by atoms with E-state index in [1.54, 1.807) is 19.2 Å². The lowest BCUT2D eigenvalue weighted by Gasteiger charge is -2.36. The molecule has 1 amide bonds. The van der Waals surface area contributed by atoms with Gasteiger partial charge in [-0.2, -0.15) is 0 Å². The Morgan fingerprint density at radius 2 is 1.79 bits per heavy atom. The van der Waals surface area contributed by atoms with Crippen molar-refractivity contribution in [2.24, 2.45) is 5.92 Å². The Labute approximate surface area is 172 Å². The zero-order chi connectivity index (χ0) is 20.8. The van der Waals surface area contributed by atoms with Gasteiger partial charge in [-0.05, 0) is 35.7 Å². The van der Waals surface area contributed by atoms with Crippen molar-refractivity contribution in [2.45, 2.75) is 19.9 Å². The van der Waals surface area contributed by atoms with E-state index in [4.69, 9.17) is 4.74 Å². The van der Waals surface area contributed by atoms with Gasteiger partial charge in [-0.1, -0.05) is 32.0 Å². The summed E-state index contributed by atoms with van der Waals surface area (Å²) in [5.41, 5.74) is 2.07. The topological polar surface area (TPSA) is 44.8 Å². The first kappa shape index (κ1) is 21.1. The van der Waals surface area contributed by atoms with Crippen molar-refractivity contribution in [3.8, 4) is 5.75 Å². The predicted molar refractivity (Wildman–Crippen MR) is 114 cm³/mol. The number of rotatable bonds is 7. The summed E-state index contributed by atoms with van der Waals surface area (Å²) in [6.45, 7) is 7.87. The minimum Gasteiger partial charge on any atom is -0.497 e. The molecule has 6 heteroatoms. The van der Waals surface area contributed by atoms with E-state index in [0.29, 0.717) is 6.54 Å². The number of anilines is 1. The Kier molecular flexibility index (Phi) is 7.09. The van der Waals surface area contributed by atoms with Crippen LogP contribution in [0, 0.1) is 11.7 Å². The maximum atomic E-state index is 13.2. The van der Waals surface area contributed by atoms with Gasteiger partial charge in [0.15, 0.2) is 0 Å². The Balaban J connectivity index is 1.52. The molecule has 1 aliphatic heterocycles. The second kappa shape index (κ2) is 9.74. The van der Waals surface area contributed by atoms with Crippen LogP contribution in [0.4, 0.5) is 10.1 Å². The Morgan fingerprint density at radius 3 is 2.41 bits per heavy atom. The van der Waals surface area contributed by atoms with Gasteiger partial charge in [0.1, 0.15) is 11.6 Å². The van der Waals surface area contributed by atoms with Gasteiger partial charge in [-0.15, -0.1) is 0 Å². The van der Waals surface area contributed by atoms with Crippen molar-refractivity contribution in [1.82, 2.24) is 10.2 Å². The number of nitrogens with one attached hydrogen (secondary N) is 1. The van der Waals surface area contributed by atoms with Crippen LogP contribution >= 0.6 is 0 Å². The molecule has 3 rings (SSSR count). The molecule has 29 heavy (non-hydrogen) atoms. The number of benzene rings is 2. The van der Waals surface area contributed by atoms with Crippen molar-refractivity contribution >= 4 is 11.6 Å². The molecular formula is C23H30FN3O2. The number of halogens is 1. The minimum atomic E-state index is -0.267. The van der Waals surface area contributed by atoms with Crippen molar-refractivity contribution in [1.29, 1.82) is 0 Å². The zero-order valence-corrected chi connectivity index (χ0v) is 17.4. The molecule has 1 heterocycles.